The van der Waals surface area contributed by atoms with Crippen molar-refractivity contribution >= 4 is 16.9 Å². The molecule has 1 fully saturated rings. The zero-order valence-electron chi connectivity index (χ0n) is 10.7. The summed E-state index contributed by atoms with van der Waals surface area (Å²) in [4.78, 5) is 11.2. The summed E-state index contributed by atoms with van der Waals surface area (Å²) >= 11 is 0. The SMILES string of the molecule is OC[C@@H]1COCCN(c2cnc3ccccc3n2)C1. The molecule has 0 bridgehead atoms. The third-order valence-corrected chi connectivity index (χ3v) is 3.36. The van der Waals surface area contributed by atoms with E-state index in [1.807, 2.05) is 24.3 Å². The topological polar surface area (TPSA) is 58.5 Å². The van der Waals surface area contributed by atoms with Crippen LogP contribution in [-0.4, -0.2) is 48.0 Å². The number of aliphatic hydroxyl groups excluding tert-OH is 1. The minimum Gasteiger partial charge on any atom is -0.396 e. The molecule has 1 atom stereocenters. The maximum atomic E-state index is 9.31. The van der Waals surface area contributed by atoms with Crippen LogP contribution in [0, 0.1) is 5.92 Å². The normalized spacial score (nSPS) is 20.5. The van der Waals surface area contributed by atoms with Gasteiger partial charge in [-0.3, -0.25) is 4.98 Å². The lowest BCUT2D eigenvalue weighted by atomic mass is 10.1. The van der Waals surface area contributed by atoms with E-state index >= 15 is 0 Å². The highest BCUT2D eigenvalue weighted by Crippen LogP contribution is 2.18. The number of anilines is 1. The molecule has 0 unspecified atom stereocenters. The molecule has 19 heavy (non-hydrogen) atoms. The largest absolute Gasteiger partial charge is 0.396 e. The zero-order chi connectivity index (χ0) is 13.1. The quantitative estimate of drug-likeness (QED) is 0.874. The first-order valence-corrected chi connectivity index (χ1v) is 6.52. The molecule has 1 N–H and O–H groups in total. The number of aromatic nitrogens is 2. The molecular formula is C14H17N3O2. The van der Waals surface area contributed by atoms with Crippen LogP contribution in [0.3, 0.4) is 0 Å². The van der Waals surface area contributed by atoms with Gasteiger partial charge < -0.3 is 14.7 Å². The van der Waals surface area contributed by atoms with Crippen LogP contribution in [0.2, 0.25) is 0 Å². The van der Waals surface area contributed by atoms with E-state index in [0.717, 1.165) is 29.9 Å². The Morgan fingerprint density at radius 1 is 1.32 bits per heavy atom. The molecule has 100 valence electrons. The number of hydrogen-bond donors (Lipinski definition) is 1. The summed E-state index contributed by atoms with van der Waals surface area (Å²) in [6.07, 6.45) is 1.79. The number of fused-ring (bicyclic) bond motifs is 1. The second-order valence-corrected chi connectivity index (χ2v) is 4.79. The Kier molecular flexibility index (Phi) is 3.57. The number of benzene rings is 1. The summed E-state index contributed by atoms with van der Waals surface area (Å²) in [7, 11) is 0. The Balaban J connectivity index is 1.89. The highest BCUT2D eigenvalue weighted by atomic mass is 16.5. The van der Waals surface area contributed by atoms with Crippen molar-refractivity contribution in [3.8, 4) is 0 Å². The van der Waals surface area contributed by atoms with Crippen molar-refractivity contribution in [3.63, 3.8) is 0 Å². The summed E-state index contributed by atoms with van der Waals surface area (Å²) in [5, 5.41) is 9.31. The molecule has 2 aromatic rings. The van der Waals surface area contributed by atoms with Crippen LogP contribution >= 0.6 is 0 Å². The molecule has 2 heterocycles. The lowest BCUT2D eigenvalue weighted by Gasteiger charge is -2.23. The maximum absolute atomic E-state index is 9.31. The number of nitrogens with zero attached hydrogens (tertiary/aromatic N) is 3. The Labute approximate surface area is 111 Å². The monoisotopic (exact) mass is 259 g/mol. The maximum Gasteiger partial charge on any atom is 0.147 e. The van der Waals surface area contributed by atoms with Gasteiger partial charge in [0.25, 0.3) is 0 Å². The molecular weight excluding hydrogens is 242 g/mol. The fourth-order valence-corrected chi connectivity index (χ4v) is 2.30. The molecule has 1 saturated heterocycles. The molecule has 0 spiro atoms. The summed E-state index contributed by atoms with van der Waals surface area (Å²) in [5.74, 6) is 0.985. The number of para-hydroxylation sites is 2. The third kappa shape index (κ3) is 2.67. The number of rotatable bonds is 2. The number of aliphatic hydroxyl groups is 1. The van der Waals surface area contributed by atoms with E-state index in [1.165, 1.54) is 0 Å². The Bertz CT molecular complexity index is 561. The van der Waals surface area contributed by atoms with Crippen LogP contribution in [0.5, 0.6) is 0 Å². The summed E-state index contributed by atoms with van der Waals surface area (Å²) in [5.41, 5.74) is 1.79. The number of hydrogen-bond acceptors (Lipinski definition) is 5. The van der Waals surface area contributed by atoms with Crippen LogP contribution in [0.4, 0.5) is 5.82 Å². The zero-order valence-corrected chi connectivity index (χ0v) is 10.7. The van der Waals surface area contributed by atoms with Gasteiger partial charge in [-0.1, -0.05) is 12.1 Å². The highest BCUT2D eigenvalue weighted by molar-refractivity contribution is 5.75. The van der Waals surface area contributed by atoms with E-state index in [0.29, 0.717) is 13.2 Å². The van der Waals surface area contributed by atoms with E-state index in [2.05, 4.69) is 14.9 Å². The summed E-state index contributed by atoms with van der Waals surface area (Å²) in [6, 6.07) is 7.83. The average Bonchev–Trinajstić information content (AvgIpc) is 2.72. The van der Waals surface area contributed by atoms with Gasteiger partial charge in [-0.05, 0) is 12.1 Å². The van der Waals surface area contributed by atoms with Gasteiger partial charge in [0.05, 0.1) is 30.4 Å². The summed E-state index contributed by atoms with van der Waals surface area (Å²) in [6.45, 7) is 2.93. The van der Waals surface area contributed by atoms with E-state index in [9.17, 15) is 5.11 Å². The van der Waals surface area contributed by atoms with E-state index in [-0.39, 0.29) is 12.5 Å². The van der Waals surface area contributed by atoms with Crippen LogP contribution in [0.1, 0.15) is 0 Å². The van der Waals surface area contributed by atoms with Crippen molar-refractivity contribution in [2.24, 2.45) is 5.92 Å². The van der Waals surface area contributed by atoms with Gasteiger partial charge in [0, 0.05) is 25.6 Å². The smallest absolute Gasteiger partial charge is 0.147 e. The van der Waals surface area contributed by atoms with Crippen molar-refractivity contribution in [2.75, 3.05) is 37.8 Å². The molecule has 1 aromatic carbocycles. The Morgan fingerprint density at radius 2 is 2.16 bits per heavy atom. The lowest BCUT2D eigenvalue weighted by Crippen LogP contribution is -2.32. The van der Waals surface area contributed by atoms with Crippen molar-refractivity contribution < 1.29 is 9.84 Å². The van der Waals surface area contributed by atoms with Crippen molar-refractivity contribution in [1.82, 2.24) is 9.97 Å². The second-order valence-electron chi connectivity index (χ2n) is 4.79. The van der Waals surface area contributed by atoms with Gasteiger partial charge in [0.2, 0.25) is 0 Å². The Hall–Kier alpha value is -1.72. The fourth-order valence-electron chi connectivity index (χ4n) is 2.30. The first-order valence-electron chi connectivity index (χ1n) is 6.52. The van der Waals surface area contributed by atoms with E-state index in [1.54, 1.807) is 6.20 Å². The predicted molar refractivity (Wildman–Crippen MR) is 73.1 cm³/mol. The van der Waals surface area contributed by atoms with Gasteiger partial charge in [0.15, 0.2) is 0 Å². The van der Waals surface area contributed by atoms with Crippen molar-refractivity contribution in [3.05, 3.63) is 30.5 Å². The Morgan fingerprint density at radius 3 is 3.00 bits per heavy atom. The number of ether oxygens (including phenoxy) is 1. The second kappa shape index (κ2) is 5.50. The minimum atomic E-state index is 0.135. The van der Waals surface area contributed by atoms with Crippen LogP contribution in [-0.2, 0) is 4.74 Å². The molecule has 5 nitrogen and oxygen atoms in total. The highest BCUT2D eigenvalue weighted by Gasteiger charge is 2.19. The van der Waals surface area contributed by atoms with Crippen molar-refractivity contribution in [1.29, 1.82) is 0 Å². The minimum absolute atomic E-state index is 0.135. The van der Waals surface area contributed by atoms with Gasteiger partial charge >= 0.3 is 0 Å². The lowest BCUT2D eigenvalue weighted by molar-refractivity contribution is 0.0959. The van der Waals surface area contributed by atoms with E-state index < -0.39 is 0 Å². The van der Waals surface area contributed by atoms with Gasteiger partial charge in [0.1, 0.15) is 5.82 Å². The molecule has 0 aliphatic carbocycles. The van der Waals surface area contributed by atoms with Gasteiger partial charge in [-0.25, -0.2) is 4.98 Å². The standard InChI is InChI=1S/C14H17N3O2/c18-9-11-8-17(5-6-19-10-11)14-7-15-12-3-1-2-4-13(12)16-14/h1-4,7,11,18H,5-6,8-10H2/t11-/m1/s1. The molecule has 0 saturated carbocycles. The molecule has 5 heteroatoms. The molecule has 1 aliphatic rings. The molecule has 3 rings (SSSR count). The van der Waals surface area contributed by atoms with Crippen LogP contribution in [0.25, 0.3) is 11.0 Å². The third-order valence-electron chi connectivity index (χ3n) is 3.36. The first-order chi connectivity index (χ1) is 9.36. The molecule has 0 radical (unpaired) electrons. The van der Waals surface area contributed by atoms with Crippen molar-refractivity contribution in [2.45, 2.75) is 0 Å². The molecule has 1 aromatic heterocycles. The van der Waals surface area contributed by atoms with Gasteiger partial charge in [-0.2, -0.15) is 0 Å². The fraction of sp³-hybridized carbons (Fsp3) is 0.429. The predicted octanol–water partition coefficient (Wildman–Crippen LogP) is 1.07. The average molecular weight is 259 g/mol. The molecule has 1 aliphatic heterocycles. The first kappa shape index (κ1) is 12.3. The van der Waals surface area contributed by atoms with E-state index in [4.69, 9.17) is 4.74 Å². The summed E-state index contributed by atoms with van der Waals surface area (Å²) < 4.78 is 5.49. The van der Waals surface area contributed by atoms with Crippen LogP contribution < -0.4 is 4.90 Å². The van der Waals surface area contributed by atoms with Gasteiger partial charge in [-0.15, -0.1) is 0 Å². The molecule has 0 amide bonds. The van der Waals surface area contributed by atoms with Crippen LogP contribution in [0.15, 0.2) is 30.5 Å².